The summed E-state index contributed by atoms with van der Waals surface area (Å²) in [5.74, 6) is 1.39. The van der Waals surface area contributed by atoms with E-state index in [1.54, 1.807) is 18.1 Å². The van der Waals surface area contributed by atoms with E-state index in [1.165, 1.54) is 6.39 Å². The second-order valence-corrected chi connectivity index (χ2v) is 4.18. The monoisotopic (exact) mass is 246 g/mol. The van der Waals surface area contributed by atoms with Crippen LogP contribution in [-0.4, -0.2) is 29.5 Å². The van der Waals surface area contributed by atoms with Gasteiger partial charge in [0.1, 0.15) is 11.9 Å². The molecule has 6 heteroatoms. The number of nitrogens with one attached hydrogen (secondary N) is 2. The van der Waals surface area contributed by atoms with Crippen molar-refractivity contribution in [1.82, 2.24) is 15.3 Å². The summed E-state index contributed by atoms with van der Waals surface area (Å²) in [5.41, 5.74) is 0.844. The molecule has 0 radical (unpaired) electrons. The van der Waals surface area contributed by atoms with Gasteiger partial charge < -0.3 is 14.7 Å². The van der Waals surface area contributed by atoms with Gasteiger partial charge in [-0.25, -0.2) is 4.98 Å². The van der Waals surface area contributed by atoms with E-state index < -0.39 is 6.04 Å². The fraction of sp³-hybridized carbons (Fsp3) is 0.333. The summed E-state index contributed by atoms with van der Waals surface area (Å²) in [6.45, 7) is 0.594. The first-order valence-electron chi connectivity index (χ1n) is 5.85. The number of amides is 1. The Morgan fingerprint density at radius 3 is 3.22 bits per heavy atom. The van der Waals surface area contributed by atoms with Crippen LogP contribution in [0.25, 0.3) is 0 Å². The molecule has 0 aliphatic carbocycles. The number of fused-ring (bicyclic) bond motifs is 1. The van der Waals surface area contributed by atoms with Crippen molar-refractivity contribution >= 4 is 11.7 Å². The first-order valence-corrected chi connectivity index (χ1v) is 5.85. The zero-order valence-corrected chi connectivity index (χ0v) is 10.0. The van der Waals surface area contributed by atoms with E-state index in [2.05, 4.69) is 15.3 Å². The number of aromatic nitrogens is 2. The molecule has 94 valence electrons. The predicted octanol–water partition coefficient (Wildman–Crippen LogP) is 0.852. The molecule has 0 bridgehead atoms. The fourth-order valence-corrected chi connectivity index (χ4v) is 2.28. The molecule has 1 aliphatic rings. The number of hydrogen-bond acceptors (Lipinski definition) is 4. The molecular formula is C12H14N4O2. The maximum absolute atomic E-state index is 12.5. The highest BCUT2D eigenvalue weighted by atomic mass is 16.3. The van der Waals surface area contributed by atoms with Gasteiger partial charge in [-0.15, -0.1) is 0 Å². The van der Waals surface area contributed by atoms with Crippen LogP contribution in [0.2, 0.25) is 0 Å². The van der Waals surface area contributed by atoms with E-state index in [-0.39, 0.29) is 5.91 Å². The van der Waals surface area contributed by atoms with Gasteiger partial charge in [0.2, 0.25) is 0 Å². The van der Waals surface area contributed by atoms with Gasteiger partial charge in [0.05, 0.1) is 5.69 Å². The Kier molecular flexibility index (Phi) is 2.64. The quantitative estimate of drug-likeness (QED) is 0.824. The molecule has 3 rings (SSSR count). The summed E-state index contributed by atoms with van der Waals surface area (Å²) < 4.78 is 5.34. The molecule has 2 aromatic rings. The van der Waals surface area contributed by atoms with Crippen molar-refractivity contribution in [2.24, 2.45) is 0 Å². The minimum absolute atomic E-state index is 0.0320. The Hall–Kier alpha value is -2.08. The molecule has 6 nitrogen and oxygen atoms in total. The summed E-state index contributed by atoms with van der Waals surface area (Å²) >= 11 is 0. The minimum Gasteiger partial charge on any atom is -0.446 e. The van der Waals surface area contributed by atoms with Gasteiger partial charge in [-0.05, 0) is 19.2 Å². The number of carbonyl (C=O) groups is 1. The van der Waals surface area contributed by atoms with E-state index in [0.29, 0.717) is 18.7 Å². The Bertz CT molecular complexity index is 546. The Balaban J connectivity index is 1.99. The van der Waals surface area contributed by atoms with Crippen LogP contribution < -0.4 is 10.2 Å². The van der Waals surface area contributed by atoms with Gasteiger partial charge in [0.15, 0.2) is 12.2 Å². The highest BCUT2D eigenvalue weighted by molar-refractivity contribution is 5.97. The number of anilines is 1. The first kappa shape index (κ1) is 11.0. The first-order chi connectivity index (χ1) is 8.81. The van der Waals surface area contributed by atoms with Gasteiger partial charge in [-0.1, -0.05) is 0 Å². The molecular weight excluding hydrogens is 232 g/mol. The number of likely N-dealkylation sites (N-methyl/N-ethyl adjacent to an activating group) is 1. The maximum Gasteiger partial charge on any atom is 0.253 e. The molecule has 1 amide bonds. The lowest BCUT2D eigenvalue weighted by molar-refractivity contribution is -0.120. The molecule has 0 saturated heterocycles. The zero-order chi connectivity index (χ0) is 12.5. The number of H-pyrrole nitrogens is 1. The second kappa shape index (κ2) is 4.30. The topological polar surface area (TPSA) is 74.2 Å². The third kappa shape index (κ3) is 1.62. The smallest absolute Gasteiger partial charge is 0.253 e. The van der Waals surface area contributed by atoms with E-state index in [0.717, 1.165) is 11.5 Å². The summed E-state index contributed by atoms with van der Waals surface area (Å²) in [5, 5.41) is 2.99. The molecule has 0 fully saturated rings. The fourth-order valence-electron chi connectivity index (χ4n) is 2.28. The lowest BCUT2D eigenvalue weighted by atomic mass is 10.1. The van der Waals surface area contributed by atoms with Crippen molar-refractivity contribution in [1.29, 1.82) is 0 Å². The van der Waals surface area contributed by atoms with Crippen LogP contribution in [0.5, 0.6) is 0 Å². The zero-order valence-electron chi connectivity index (χ0n) is 10.0. The Morgan fingerprint density at radius 1 is 1.61 bits per heavy atom. The normalized spacial score (nSPS) is 19.7. The highest BCUT2D eigenvalue weighted by Gasteiger charge is 2.34. The van der Waals surface area contributed by atoms with Crippen molar-refractivity contribution in [3.8, 4) is 0 Å². The van der Waals surface area contributed by atoms with Crippen LogP contribution in [0.1, 0.15) is 17.5 Å². The van der Waals surface area contributed by atoms with Crippen LogP contribution >= 0.6 is 0 Å². The summed E-state index contributed by atoms with van der Waals surface area (Å²) in [4.78, 5) is 21.4. The van der Waals surface area contributed by atoms with Crippen molar-refractivity contribution < 1.29 is 9.21 Å². The number of rotatable bonds is 2. The van der Waals surface area contributed by atoms with E-state index >= 15 is 0 Å². The van der Waals surface area contributed by atoms with Gasteiger partial charge in [0.25, 0.3) is 5.91 Å². The molecule has 0 spiro atoms. The number of oxazole rings is 1. The van der Waals surface area contributed by atoms with Crippen molar-refractivity contribution in [3.63, 3.8) is 0 Å². The van der Waals surface area contributed by atoms with Crippen molar-refractivity contribution in [2.75, 3.05) is 18.5 Å². The SMILES string of the molecule is CNC1C(=O)N(c2ccc[nH]2)CCc2ncoc21. The summed E-state index contributed by atoms with van der Waals surface area (Å²) in [7, 11) is 1.74. The average molecular weight is 246 g/mol. The predicted molar refractivity (Wildman–Crippen MR) is 65.2 cm³/mol. The third-order valence-electron chi connectivity index (χ3n) is 3.18. The van der Waals surface area contributed by atoms with Crippen LogP contribution in [0.15, 0.2) is 29.1 Å². The minimum atomic E-state index is -0.478. The summed E-state index contributed by atoms with van der Waals surface area (Å²) in [6, 6.07) is 3.27. The summed E-state index contributed by atoms with van der Waals surface area (Å²) in [6.07, 6.45) is 3.89. The number of aromatic amines is 1. The Labute approximate surface area is 104 Å². The molecule has 0 aromatic carbocycles. The molecule has 3 heterocycles. The molecule has 1 aliphatic heterocycles. The largest absolute Gasteiger partial charge is 0.446 e. The number of carbonyl (C=O) groups excluding carboxylic acids is 1. The van der Waals surface area contributed by atoms with Gasteiger partial charge in [-0.2, -0.15) is 0 Å². The van der Waals surface area contributed by atoms with Gasteiger partial charge in [-0.3, -0.25) is 9.69 Å². The molecule has 2 N–H and O–H groups in total. The second-order valence-electron chi connectivity index (χ2n) is 4.18. The van der Waals surface area contributed by atoms with E-state index in [1.807, 2.05) is 12.1 Å². The molecule has 2 aromatic heterocycles. The third-order valence-corrected chi connectivity index (χ3v) is 3.18. The number of nitrogens with zero attached hydrogens (tertiary/aromatic N) is 2. The molecule has 18 heavy (non-hydrogen) atoms. The maximum atomic E-state index is 12.5. The molecule has 1 atom stereocenters. The van der Waals surface area contributed by atoms with E-state index in [9.17, 15) is 4.79 Å². The van der Waals surface area contributed by atoms with Gasteiger partial charge in [0, 0.05) is 19.2 Å². The van der Waals surface area contributed by atoms with Crippen molar-refractivity contribution in [2.45, 2.75) is 12.5 Å². The van der Waals surface area contributed by atoms with E-state index in [4.69, 9.17) is 4.42 Å². The van der Waals surface area contributed by atoms with Crippen LogP contribution in [-0.2, 0) is 11.2 Å². The van der Waals surface area contributed by atoms with Crippen molar-refractivity contribution in [3.05, 3.63) is 36.2 Å². The van der Waals surface area contributed by atoms with Gasteiger partial charge >= 0.3 is 0 Å². The molecule has 1 unspecified atom stereocenters. The lowest BCUT2D eigenvalue weighted by Crippen LogP contribution is -2.39. The van der Waals surface area contributed by atoms with Crippen LogP contribution in [0, 0.1) is 0 Å². The highest BCUT2D eigenvalue weighted by Crippen LogP contribution is 2.26. The van der Waals surface area contributed by atoms with Crippen LogP contribution in [0.3, 0.4) is 0 Å². The molecule has 0 saturated carbocycles. The standard InChI is InChI=1S/C12H14N4O2/c1-13-10-11-8(15-7-18-11)4-6-16(12(10)17)9-3-2-5-14-9/h2-3,5,7,10,13-14H,4,6H2,1H3. The number of hydrogen-bond donors (Lipinski definition) is 2. The lowest BCUT2D eigenvalue weighted by Gasteiger charge is -2.22. The van der Waals surface area contributed by atoms with Crippen LogP contribution in [0.4, 0.5) is 5.82 Å². The average Bonchev–Trinajstić information content (AvgIpc) is 3.01. The Morgan fingerprint density at radius 2 is 2.50 bits per heavy atom.